The van der Waals surface area contributed by atoms with Crippen LogP contribution in [0.4, 0.5) is 43.8 Å². The number of alkyl halides is 6. The number of para-hydroxylation sites is 1. The van der Waals surface area contributed by atoms with E-state index < -0.39 is 24.3 Å². The predicted octanol–water partition coefficient (Wildman–Crippen LogP) is 5.34. The lowest BCUT2D eigenvalue weighted by Crippen LogP contribution is -2.44. The van der Waals surface area contributed by atoms with E-state index in [-0.39, 0.29) is 0 Å². The SMILES string of the molecule is Cc1ncn(-c2ccc(Nc3ncc4cccc(-c5ccnc(N6CCN(C)CC6)c5)c4n3)cc2)n1.O=C(O)C(F)(F)F.O=C(O)C(F)(F)F. The molecule has 3 aromatic heterocycles. The summed E-state index contributed by atoms with van der Waals surface area (Å²) in [7, 11) is 2.16. The van der Waals surface area contributed by atoms with Gasteiger partial charge in [0.15, 0.2) is 0 Å². The molecule has 4 heterocycles. The Hall–Kier alpha value is -5.85. The fourth-order valence-corrected chi connectivity index (χ4v) is 4.44. The van der Waals surface area contributed by atoms with Gasteiger partial charge in [0, 0.05) is 55.2 Å². The number of piperazine rings is 1. The van der Waals surface area contributed by atoms with Crippen LogP contribution >= 0.6 is 0 Å². The molecule has 0 spiro atoms. The number of nitrogens with one attached hydrogen (secondary N) is 1. The minimum atomic E-state index is -5.08. The Labute approximate surface area is 279 Å². The van der Waals surface area contributed by atoms with Crippen molar-refractivity contribution >= 4 is 40.3 Å². The van der Waals surface area contributed by atoms with Gasteiger partial charge < -0.3 is 25.3 Å². The van der Waals surface area contributed by atoms with E-state index in [0.717, 1.165) is 71.2 Å². The monoisotopic (exact) mass is 705 g/mol. The molecule has 264 valence electrons. The first-order chi connectivity index (χ1) is 23.5. The fourth-order valence-electron chi connectivity index (χ4n) is 4.44. The van der Waals surface area contributed by atoms with Crippen molar-refractivity contribution in [2.45, 2.75) is 19.3 Å². The number of anilines is 3. The van der Waals surface area contributed by atoms with E-state index in [1.165, 1.54) is 0 Å². The summed E-state index contributed by atoms with van der Waals surface area (Å²) in [5.74, 6) is -3.22. The summed E-state index contributed by atoms with van der Waals surface area (Å²) in [4.78, 5) is 40.8. The normalized spacial score (nSPS) is 13.5. The number of aryl methyl sites for hydroxylation is 1. The summed E-state index contributed by atoms with van der Waals surface area (Å²) < 4.78 is 65.2. The maximum absolute atomic E-state index is 10.6. The summed E-state index contributed by atoms with van der Waals surface area (Å²) in [6.07, 6.45) is -4.70. The zero-order chi connectivity index (χ0) is 36.6. The number of likely N-dealkylation sites (N-methyl/N-ethyl adjacent to an activating group) is 1. The van der Waals surface area contributed by atoms with Crippen molar-refractivity contribution in [1.82, 2.24) is 34.6 Å². The number of pyridine rings is 1. The van der Waals surface area contributed by atoms with E-state index in [1.807, 2.05) is 55.7 Å². The second kappa shape index (κ2) is 15.6. The van der Waals surface area contributed by atoms with Crippen LogP contribution in [-0.2, 0) is 9.59 Å². The highest BCUT2D eigenvalue weighted by molar-refractivity contribution is 5.94. The number of aliphatic carboxylic acids is 2. The van der Waals surface area contributed by atoms with E-state index in [2.05, 4.69) is 60.4 Å². The number of nitrogens with zero attached hydrogens (tertiary/aromatic N) is 8. The molecule has 2 aromatic carbocycles. The molecule has 6 rings (SSSR count). The number of halogens is 6. The number of carboxylic acids is 2. The Bertz CT molecular complexity index is 1900. The lowest BCUT2D eigenvalue weighted by Gasteiger charge is -2.33. The maximum atomic E-state index is 10.6. The van der Waals surface area contributed by atoms with Gasteiger partial charge in [0.05, 0.1) is 11.2 Å². The Morgan fingerprint density at radius 1 is 0.840 bits per heavy atom. The molecule has 1 saturated heterocycles. The van der Waals surface area contributed by atoms with Gasteiger partial charge in [0.25, 0.3) is 0 Å². The first-order valence-electron chi connectivity index (χ1n) is 14.5. The molecule has 0 radical (unpaired) electrons. The minimum absolute atomic E-state index is 0.549. The summed E-state index contributed by atoms with van der Waals surface area (Å²) in [6.45, 7) is 5.92. The Morgan fingerprint density at radius 2 is 1.46 bits per heavy atom. The number of carboxylic acid groups (broad SMARTS) is 2. The largest absolute Gasteiger partial charge is 0.490 e. The molecule has 50 heavy (non-hydrogen) atoms. The number of carbonyl (C=O) groups is 2. The Morgan fingerprint density at radius 3 is 2.02 bits per heavy atom. The van der Waals surface area contributed by atoms with Crippen LogP contribution in [0.25, 0.3) is 27.7 Å². The van der Waals surface area contributed by atoms with Crippen LogP contribution in [0, 0.1) is 6.92 Å². The third kappa shape index (κ3) is 10.1. The molecule has 0 saturated carbocycles. The number of hydrogen-bond acceptors (Lipinski definition) is 10. The number of fused-ring (bicyclic) bond motifs is 1. The van der Waals surface area contributed by atoms with Gasteiger partial charge in [-0.2, -0.15) is 31.4 Å². The van der Waals surface area contributed by atoms with Gasteiger partial charge in [-0.15, -0.1) is 0 Å². The van der Waals surface area contributed by atoms with Crippen LogP contribution in [0.15, 0.2) is 73.3 Å². The summed E-state index contributed by atoms with van der Waals surface area (Å²) in [6, 6.07) is 18.4. The van der Waals surface area contributed by atoms with Crippen LogP contribution in [0.2, 0.25) is 0 Å². The van der Waals surface area contributed by atoms with E-state index in [4.69, 9.17) is 24.8 Å². The lowest BCUT2D eigenvalue weighted by molar-refractivity contribution is -0.193. The smallest absolute Gasteiger partial charge is 0.475 e. The van der Waals surface area contributed by atoms with Crippen molar-refractivity contribution in [3.05, 3.63) is 79.1 Å². The van der Waals surface area contributed by atoms with Crippen molar-refractivity contribution < 1.29 is 46.1 Å². The molecule has 13 nitrogen and oxygen atoms in total. The van der Waals surface area contributed by atoms with Crippen LogP contribution < -0.4 is 10.2 Å². The number of aromatic nitrogens is 6. The molecular weight excluding hydrogens is 676 g/mol. The average Bonchev–Trinajstić information content (AvgIpc) is 3.51. The van der Waals surface area contributed by atoms with Gasteiger partial charge in [0.1, 0.15) is 18.0 Å². The molecule has 0 atom stereocenters. The molecule has 0 amide bonds. The molecule has 1 fully saturated rings. The summed E-state index contributed by atoms with van der Waals surface area (Å²) in [5, 5.41) is 22.9. The molecule has 0 aliphatic carbocycles. The third-order valence-electron chi connectivity index (χ3n) is 6.97. The van der Waals surface area contributed by atoms with Gasteiger partial charge >= 0.3 is 24.3 Å². The fraction of sp³-hybridized carbons (Fsp3) is 0.258. The van der Waals surface area contributed by atoms with Crippen LogP contribution in [0.3, 0.4) is 0 Å². The number of benzene rings is 2. The first-order valence-corrected chi connectivity index (χ1v) is 14.5. The molecular formula is C31H29F6N9O4. The molecule has 19 heteroatoms. The minimum Gasteiger partial charge on any atom is -0.475 e. The maximum Gasteiger partial charge on any atom is 0.490 e. The second-order valence-electron chi connectivity index (χ2n) is 10.6. The van der Waals surface area contributed by atoms with Gasteiger partial charge in [0.2, 0.25) is 5.95 Å². The molecule has 1 aliphatic rings. The third-order valence-corrected chi connectivity index (χ3v) is 6.97. The lowest BCUT2D eigenvalue weighted by atomic mass is 10.0. The van der Waals surface area contributed by atoms with Crippen LogP contribution in [0.1, 0.15) is 5.82 Å². The van der Waals surface area contributed by atoms with Crippen LogP contribution in [-0.4, -0.2) is 102 Å². The molecule has 5 aromatic rings. The first kappa shape index (κ1) is 37.0. The zero-order valence-electron chi connectivity index (χ0n) is 26.3. The van der Waals surface area contributed by atoms with E-state index in [0.29, 0.717) is 5.95 Å². The van der Waals surface area contributed by atoms with Crippen molar-refractivity contribution in [2.75, 3.05) is 43.4 Å². The number of hydrogen-bond donors (Lipinski definition) is 3. The van der Waals surface area contributed by atoms with Crippen molar-refractivity contribution in [2.24, 2.45) is 0 Å². The molecule has 0 unspecified atom stereocenters. The molecule has 3 N–H and O–H groups in total. The second-order valence-corrected chi connectivity index (χ2v) is 10.6. The Kier molecular flexibility index (Phi) is 11.5. The van der Waals surface area contributed by atoms with Gasteiger partial charge in [-0.25, -0.2) is 34.2 Å². The highest BCUT2D eigenvalue weighted by Gasteiger charge is 2.38. The molecule has 0 bridgehead atoms. The predicted molar refractivity (Wildman–Crippen MR) is 169 cm³/mol. The average molecular weight is 706 g/mol. The zero-order valence-corrected chi connectivity index (χ0v) is 26.3. The van der Waals surface area contributed by atoms with E-state index in [1.54, 1.807) is 11.0 Å². The Balaban J connectivity index is 0.000000340. The van der Waals surface area contributed by atoms with Crippen molar-refractivity contribution in [1.29, 1.82) is 0 Å². The van der Waals surface area contributed by atoms with Crippen molar-refractivity contribution in [3.63, 3.8) is 0 Å². The van der Waals surface area contributed by atoms with Crippen LogP contribution in [0.5, 0.6) is 0 Å². The van der Waals surface area contributed by atoms with Gasteiger partial charge in [-0.3, -0.25) is 0 Å². The topological polar surface area (TPSA) is 162 Å². The van der Waals surface area contributed by atoms with Gasteiger partial charge in [-0.1, -0.05) is 18.2 Å². The standard InChI is InChI=1S/C27H27N9.2C2HF3O2/c1-19-30-18-36(33-19)23-8-6-22(7-9-23)31-27-29-17-21-4-3-5-24(26(21)32-27)20-10-11-28-25(16-20)35-14-12-34(2)13-15-35;2*3-2(4,5)1(6)7/h3-11,16-18H,12-15H2,1-2H3,(H,29,31,32);2*(H,6,7). The number of rotatable bonds is 5. The van der Waals surface area contributed by atoms with Crippen molar-refractivity contribution in [3.8, 4) is 16.8 Å². The van der Waals surface area contributed by atoms with Gasteiger partial charge in [-0.05, 0) is 55.9 Å². The summed E-state index contributed by atoms with van der Waals surface area (Å²) in [5.41, 5.74) is 4.90. The summed E-state index contributed by atoms with van der Waals surface area (Å²) >= 11 is 0. The van der Waals surface area contributed by atoms with E-state index in [9.17, 15) is 26.3 Å². The highest BCUT2D eigenvalue weighted by atomic mass is 19.4. The van der Waals surface area contributed by atoms with E-state index >= 15 is 0 Å². The quantitative estimate of drug-likeness (QED) is 0.202. The highest BCUT2D eigenvalue weighted by Crippen LogP contribution is 2.30. The molecule has 1 aliphatic heterocycles.